The first-order valence-corrected chi connectivity index (χ1v) is 13.8. The SMILES string of the molecule is Cc1cc(C)c(CNC(=O)c2cc(-c3ccc(CN4CCOCC4)c(F)c3)cc3c2c(C)cn3C(C)C)c(=O)[nH]1. The summed E-state index contributed by atoms with van der Waals surface area (Å²) in [6.45, 7) is 13.4. The van der Waals surface area contributed by atoms with E-state index in [0.717, 1.165) is 46.4 Å². The van der Waals surface area contributed by atoms with E-state index in [1.165, 1.54) is 0 Å². The van der Waals surface area contributed by atoms with Crippen LogP contribution in [0.4, 0.5) is 4.39 Å². The van der Waals surface area contributed by atoms with Crippen LogP contribution < -0.4 is 10.9 Å². The van der Waals surface area contributed by atoms with Gasteiger partial charge in [0.15, 0.2) is 0 Å². The van der Waals surface area contributed by atoms with Crippen LogP contribution in [0.1, 0.15) is 58.2 Å². The summed E-state index contributed by atoms with van der Waals surface area (Å²) in [6.07, 6.45) is 2.05. The van der Waals surface area contributed by atoms with E-state index in [4.69, 9.17) is 4.74 Å². The molecule has 7 nitrogen and oxygen atoms in total. The minimum absolute atomic E-state index is 0.112. The Labute approximate surface area is 234 Å². The number of hydrogen-bond acceptors (Lipinski definition) is 4. The lowest BCUT2D eigenvalue weighted by molar-refractivity contribution is 0.0337. The third-order valence-corrected chi connectivity index (χ3v) is 7.73. The average molecular weight is 545 g/mol. The zero-order chi connectivity index (χ0) is 28.6. The molecule has 0 aliphatic carbocycles. The van der Waals surface area contributed by atoms with Crippen LogP contribution in [0.2, 0.25) is 0 Å². The summed E-state index contributed by atoms with van der Waals surface area (Å²) >= 11 is 0. The molecular weight excluding hydrogens is 507 g/mol. The Kier molecular flexibility index (Phi) is 7.92. The lowest BCUT2D eigenvalue weighted by Crippen LogP contribution is -2.35. The van der Waals surface area contributed by atoms with Gasteiger partial charge in [-0.1, -0.05) is 12.1 Å². The highest BCUT2D eigenvalue weighted by molar-refractivity contribution is 6.09. The van der Waals surface area contributed by atoms with E-state index in [2.05, 4.69) is 39.8 Å². The number of carbonyl (C=O) groups is 1. The molecule has 210 valence electrons. The second-order valence-corrected chi connectivity index (χ2v) is 11.1. The second-order valence-electron chi connectivity index (χ2n) is 11.1. The number of amides is 1. The van der Waals surface area contributed by atoms with Gasteiger partial charge in [0.25, 0.3) is 11.5 Å². The minimum atomic E-state index is -0.278. The van der Waals surface area contributed by atoms with Crippen molar-refractivity contribution in [1.82, 2.24) is 19.8 Å². The van der Waals surface area contributed by atoms with Crippen LogP contribution in [0.15, 0.2) is 47.4 Å². The summed E-state index contributed by atoms with van der Waals surface area (Å²) in [4.78, 5) is 31.2. The molecule has 5 rings (SSSR count). The van der Waals surface area contributed by atoms with E-state index in [0.29, 0.717) is 42.0 Å². The standard InChI is InChI=1S/C32H37FN4O3/c1-19(2)37-17-21(4)30-26(31(38)34-16-27-20(3)12-22(5)35-32(27)39)13-25(15-29(30)37)23-6-7-24(28(33)14-23)18-36-8-10-40-11-9-36/h6-7,12-15,17,19H,8-11,16,18H2,1-5H3,(H,34,38)(H,35,39). The topological polar surface area (TPSA) is 79.4 Å². The highest BCUT2D eigenvalue weighted by atomic mass is 19.1. The van der Waals surface area contributed by atoms with E-state index < -0.39 is 0 Å². The smallest absolute Gasteiger partial charge is 0.253 e. The number of benzene rings is 2. The molecule has 4 aromatic rings. The fourth-order valence-electron chi connectivity index (χ4n) is 5.58. The first kappa shape index (κ1) is 27.8. The summed E-state index contributed by atoms with van der Waals surface area (Å²) in [7, 11) is 0. The van der Waals surface area contributed by atoms with Gasteiger partial charge in [0.05, 0.1) is 13.2 Å². The van der Waals surface area contributed by atoms with Gasteiger partial charge in [-0.25, -0.2) is 4.39 Å². The van der Waals surface area contributed by atoms with Crippen molar-refractivity contribution in [2.75, 3.05) is 26.3 Å². The molecule has 0 bridgehead atoms. The molecule has 1 aliphatic heterocycles. The van der Waals surface area contributed by atoms with Crippen molar-refractivity contribution in [2.24, 2.45) is 0 Å². The van der Waals surface area contributed by atoms with Crippen molar-refractivity contribution >= 4 is 16.8 Å². The number of aryl methyl sites for hydroxylation is 3. The van der Waals surface area contributed by atoms with E-state index in [-0.39, 0.29) is 29.9 Å². The lowest BCUT2D eigenvalue weighted by atomic mass is 9.97. The molecule has 2 N–H and O–H groups in total. The van der Waals surface area contributed by atoms with Gasteiger partial charge in [-0.15, -0.1) is 0 Å². The van der Waals surface area contributed by atoms with Gasteiger partial charge in [0.1, 0.15) is 5.82 Å². The van der Waals surface area contributed by atoms with Gasteiger partial charge >= 0.3 is 0 Å². The minimum Gasteiger partial charge on any atom is -0.379 e. The number of carbonyl (C=O) groups excluding carboxylic acids is 1. The maximum Gasteiger partial charge on any atom is 0.253 e. The fourth-order valence-corrected chi connectivity index (χ4v) is 5.58. The van der Waals surface area contributed by atoms with Crippen molar-refractivity contribution in [3.63, 3.8) is 0 Å². The van der Waals surface area contributed by atoms with Crippen LogP contribution in [-0.4, -0.2) is 46.7 Å². The Morgan fingerprint density at radius 2 is 1.80 bits per heavy atom. The van der Waals surface area contributed by atoms with E-state index >= 15 is 4.39 Å². The number of nitrogens with zero attached hydrogens (tertiary/aromatic N) is 2. The molecule has 0 radical (unpaired) electrons. The lowest BCUT2D eigenvalue weighted by Gasteiger charge is -2.26. The molecule has 8 heteroatoms. The van der Waals surface area contributed by atoms with E-state index in [1.807, 2.05) is 51.1 Å². The molecule has 1 amide bonds. The number of pyridine rings is 1. The first-order chi connectivity index (χ1) is 19.1. The van der Waals surface area contributed by atoms with E-state index in [9.17, 15) is 9.59 Å². The summed E-state index contributed by atoms with van der Waals surface area (Å²) in [5.74, 6) is -0.542. The van der Waals surface area contributed by atoms with Crippen molar-refractivity contribution in [1.29, 1.82) is 0 Å². The van der Waals surface area contributed by atoms with Crippen molar-refractivity contribution in [3.05, 3.63) is 92.3 Å². The van der Waals surface area contributed by atoms with Crippen LogP contribution in [-0.2, 0) is 17.8 Å². The van der Waals surface area contributed by atoms with Crippen LogP contribution in [0, 0.1) is 26.6 Å². The molecule has 1 saturated heterocycles. The van der Waals surface area contributed by atoms with Gasteiger partial charge in [-0.05, 0) is 81.1 Å². The largest absolute Gasteiger partial charge is 0.379 e. The Balaban J connectivity index is 1.52. The fraction of sp³-hybridized carbons (Fsp3) is 0.375. The summed E-state index contributed by atoms with van der Waals surface area (Å²) in [5.41, 5.74) is 6.45. The molecule has 0 unspecified atom stereocenters. The Morgan fingerprint density at radius 1 is 1.05 bits per heavy atom. The number of hydrogen-bond donors (Lipinski definition) is 2. The van der Waals surface area contributed by atoms with Gasteiger partial charge in [0.2, 0.25) is 0 Å². The molecule has 3 heterocycles. The monoisotopic (exact) mass is 544 g/mol. The molecule has 0 saturated carbocycles. The number of halogens is 1. The second kappa shape index (κ2) is 11.4. The molecule has 1 aliphatic rings. The zero-order valence-corrected chi connectivity index (χ0v) is 23.9. The van der Waals surface area contributed by atoms with Crippen molar-refractivity contribution in [3.8, 4) is 11.1 Å². The molecule has 40 heavy (non-hydrogen) atoms. The molecule has 0 spiro atoms. The zero-order valence-electron chi connectivity index (χ0n) is 23.9. The summed E-state index contributed by atoms with van der Waals surface area (Å²) < 4.78 is 22.9. The van der Waals surface area contributed by atoms with Crippen LogP contribution in [0.5, 0.6) is 0 Å². The average Bonchev–Trinajstić information content (AvgIpc) is 3.26. The van der Waals surface area contributed by atoms with Gasteiger partial charge < -0.3 is 19.6 Å². The molecule has 1 fully saturated rings. The van der Waals surface area contributed by atoms with Crippen molar-refractivity contribution < 1.29 is 13.9 Å². The number of H-pyrrole nitrogens is 1. The molecule has 0 atom stereocenters. The Bertz CT molecular complexity index is 1630. The van der Waals surface area contributed by atoms with Crippen LogP contribution >= 0.6 is 0 Å². The van der Waals surface area contributed by atoms with Gasteiger partial charge in [-0.2, -0.15) is 0 Å². The van der Waals surface area contributed by atoms with Crippen LogP contribution in [0.25, 0.3) is 22.0 Å². The predicted molar refractivity (Wildman–Crippen MR) is 156 cm³/mol. The Morgan fingerprint density at radius 3 is 2.48 bits per heavy atom. The number of morpholine rings is 1. The number of rotatable bonds is 7. The number of fused-ring (bicyclic) bond motifs is 1. The first-order valence-electron chi connectivity index (χ1n) is 13.8. The highest BCUT2D eigenvalue weighted by Gasteiger charge is 2.20. The van der Waals surface area contributed by atoms with E-state index in [1.54, 1.807) is 6.07 Å². The maximum atomic E-state index is 15.3. The number of nitrogens with one attached hydrogen (secondary N) is 2. The molecule has 2 aromatic carbocycles. The normalized spacial score (nSPS) is 14.3. The summed E-state index contributed by atoms with van der Waals surface area (Å²) in [5, 5.41) is 3.82. The summed E-state index contributed by atoms with van der Waals surface area (Å²) in [6, 6.07) is 11.2. The van der Waals surface area contributed by atoms with Gasteiger partial charge in [0, 0.05) is 71.7 Å². The number of aromatic amines is 1. The molecular formula is C32H37FN4O3. The van der Waals surface area contributed by atoms with Crippen LogP contribution in [0.3, 0.4) is 0 Å². The number of ether oxygens (including phenoxy) is 1. The number of aromatic nitrogens is 2. The van der Waals surface area contributed by atoms with Gasteiger partial charge in [-0.3, -0.25) is 14.5 Å². The third-order valence-electron chi connectivity index (χ3n) is 7.73. The van der Waals surface area contributed by atoms with Crippen molar-refractivity contribution in [2.45, 2.75) is 53.8 Å². The maximum absolute atomic E-state index is 15.3. The molecule has 2 aromatic heterocycles. The highest BCUT2D eigenvalue weighted by Crippen LogP contribution is 2.33. The predicted octanol–water partition coefficient (Wildman–Crippen LogP) is 5.40. The Hall–Kier alpha value is -3.75. The third kappa shape index (κ3) is 5.60. The quantitative estimate of drug-likeness (QED) is 0.326.